The van der Waals surface area contributed by atoms with Crippen LogP contribution in [-0.4, -0.2) is 15.0 Å². The summed E-state index contributed by atoms with van der Waals surface area (Å²) in [6, 6.07) is 0. The second-order valence-corrected chi connectivity index (χ2v) is 5.44. The number of hydrogen-bond acceptors (Lipinski definition) is 1. The first-order valence-corrected chi connectivity index (χ1v) is 6.20. The Bertz CT molecular complexity index is 117. The third-order valence-electron chi connectivity index (χ3n) is 1.72. The number of unbranched alkanes of at least 4 members (excludes halogenated alkanes) is 3. The van der Waals surface area contributed by atoms with Crippen molar-refractivity contribution in [2.45, 2.75) is 50.8 Å². The van der Waals surface area contributed by atoms with Crippen molar-refractivity contribution >= 4 is 15.0 Å². The molecule has 1 atom stereocenters. The van der Waals surface area contributed by atoms with Crippen molar-refractivity contribution in [2.75, 3.05) is 0 Å². The molecule has 0 radical (unpaired) electrons. The zero-order chi connectivity index (χ0) is 8.53. The monoisotopic (exact) mass is 219 g/mol. The predicted octanol–water partition coefficient (Wildman–Crippen LogP) is 2.95. The summed E-state index contributed by atoms with van der Waals surface area (Å²) >= 11 is 0.228. The van der Waals surface area contributed by atoms with E-state index >= 15 is 0 Å². The molecule has 1 nitrogen and oxygen atoms in total. The molecule has 0 saturated carbocycles. The van der Waals surface area contributed by atoms with Crippen LogP contribution in [0.3, 0.4) is 0 Å². The molecule has 0 amide bonds. The summed E-state index contributed by atoms with van der Waals surface area (Å²) in [6.07, 6.45) is 6.58. The van der Waals surface area contributed by atoms with E-state index < -0.39 is 0 Å². The average molecular weight is 218 g/mol. The Labute approximate surface area is 76.3 Å². The maximum atomic E-state index is 8.42. The van der Waals surface area contributed by atoms with Crippen molar-refractivity contribution in [3.63, 3.8) is 0 Å². The van der Waals surface area contributed by atoms with Gasteiger partial charge in [0.05, 0.1) is 0 Å². The van der Waals surface area contributed by atoms with Gasteiger partial charge in [0.1, 0.15) is 0 Å². The van der Waals surface area contributed by atoms with E-state index in [9.17, 15) is 0 Å². The summed E-state index contributed by atoms with van der Waals surface area (Å²) in [5, 5.41) is 8.42. The first-order valence-electron chi connectivity index (χ1n) is 4.36. The first kappa shape index (κ1) is 11.0. The molecule has 0 aromatic heterocycles. The van der Waals surface area contributed by atoms with Crippen LogP contribution >= 0.6 is 0 Å². The van der Waals surface area contributed by atoms with Crippen LogP contribution in [0.15, 0.2) is 0 Å². The van der Waals surface area contributed by atoms with E-state index in [-0.39, 0.29) is 15.0 Å². The molecule has 0 saturated heterocycles. The molecule has 0 aromatic rings. The molecule has 0 fully saturated rings. The van der Waals surface area contributed by atoms with E-state index in [2.05, 4.69) is 18.8 Å². The zero-order valence-electron chi connectivity index (χ0n) is 7.47. The Morgan fingerprint density at radius 3 is 2.64 bits per heavy atom. The first-order chi connectivity index (χ1) is 5.31. The van der Waals surface area contributed by atoms with E-state index in [1.807, 2.05) is 0 Å². The SMILES string of the molecule is CCCCCCC(C)[Se]C#N. The molecule has 0 spiro atoms. The molecule has 11 heavy (non-hydrogen) atoms. The second-order valence-electron chi connectivity index (χ2n) is 2.87. The summed E-state index contributed by atoms with van der Waals surface area (Å²) in [6.45, 7) is 4.41. The van der Waals surface area contributed by atoms with Gasteiger partial charge in [-0.15, -0.1) is 0 Å². The number of rotatable bonds is 6. The van der Waals surface area contributed by atoms with Gasteiger partial charge in [-0.25, -0.2) is 0 Å². The van der Waals surface area contributed by atoms with Gasteiger partial charge < -0.3 is 0 Å². The van der Waals surface area contributed by atoms with Crippen molar-refractivity contribution in [3.05, 3.63) is 0 Å². The van der Waals surface area contributed by atoms with Crippen LogP contribution in [-0.2, 0) is 0 Å². The molecule has 2 heteroatoms. The van der Waals surface area contributed by atoms with Crippen LogP contribution in [0.4, 0.5) is 0 Å². The molecule has 0 rings (SSSR count). The molecular weight excluding hydrogens is 201 g/mol. The Morgan fingerprint density at radius 1 is 1.36 bits per heavy atom. The van der Waals surface area contributed by atoms with Gasteiger partial charge in [0, 0.05) is 0 Å². The van der Waals surface area contributed by atoms with Gasteiger partial charge in [0.25, 0.3) is 0 Å². The van der Waals surface area contributed by atoms with Crippen LogP contribution in [0.1, 0.15) is 46.0 Å². The molecule has 0 aliphatic carbocycles. The third-order valence-corrected chi connectivity index (χ3v) is 3.28. The van der Waals surface area contributed by atoms with E-state index in [1.54, 1.807) is 0 Å². The van der Waals surface area contributed by atoms with Gasteiger partial charge in [-0.3, -0.25) is 0 Å². The second kappa shape index (κ2) is 8.11. The van der Waals surface area contributed by atoms with Crippen molar-refractivity contribution in [1.29, 1.82) is 5.26 Å². The molecule has 64 valence electrons. The normalized spacial score (nSPS) is 12.5. The van der Waals surface area contributed by atoms with Crippen LogP contribution in [0.2, 0.25) is 4.82 Å². The number of hydrogen-bond donors (Lipinski definition) is 0. The molecule has 0 bridgehead atoms. The summed E-state index contributed by atoms with van der Waals surface area (Å²) in [7, 11) is 0. The number of nitrogens with zero attached hydrogens (tertiary/aromatic N) is 1. The molecule has 0 aliphatic rings. The van der Waals surface area contributed by atoms with E-state index in [1.165, 1.54) is 32.1 Å². The zero-order valence-corrected chi connectivity index (χ0v) is 9.18. The summed E-state index contributed by atoms with van der Waals surface area (Å²) in [5.41, 5.74) is 0. The van der Waals surface area contributed by atoms with Crippen molar-refractivity contribution < 1.29 is 0 Å². The average Bonchev–Trinajstić information content (AvgIpc) is 1.99. The molecule has 0 aliphatic heterocycles. The fraction of sp³-hybridized carbons (Fsp3) is 0.889. The standard InChI is InChI=1S/C9H17NSe/c1-3-4-5-6-7-9(2)11-8-10/h9H,3-7H2,1-2H3. The number of nitriles is 1. The van der Waals surface area contributed by atoms with Crippen LogP contribution < -0.4 is 0 Å². The van der Waals surface area contributed by atoms with Gasteiger partial charge >= 0.3 is 76.0 Å². The molecular formula is C9H17NSe. The Morgan fingerprint density at radius 2 is 2.09 bits per heavy atom. The molecule has 0 heterocycles. The Hall–Kier alpha value is 0.00948. The van der Waals surface area contributed by atoms with Crippen molar-refractivity contribution in [2.24, 2.45) is 0 Å². The van der Waals surface area contributed by atoms with Crippen molar-refractivity contribution in [1.82, 2.24) is 0 Å². The van der Waals surface area contributed by atoms with Crippen molar-refractivity contribution in [3.8, 4) is 4.97 Å². The minimum atomic E-state index is 0.228. The molecule has 0 aromatic carbocycles. The van der Waals surface area contributed by atoms with Crippen LogP contribution in [0, 0.1) is 10.2 Å². The third kappa shape index (κ3) is 7.91. The summed E-state index contributed by atoms with van der Waals surface area (Å²) in [5.74, 6) is 0. The molecule has 1 unspecified atom stereocenters. The van der Waals surface area contributed by atoms with Crippen LogP contribution in [0.5, 0.6) is 0 Å². The fourth-order valence-corrected chi connectivity index (χ4v) is 1.98. The summed E-state index contributed by atoms with van der Waals surface area (Å²) < 4.78 is 0. The Balaban J connectivity index is 3.05. The Kier molecular flexibility index (Phi) is 8.12. The predicted molar refractivity (Wildman–Crippen MR) is 49.6 cm³/mol. The van der Waals surface area contributed by atoms with E-state index in [0.29, 0.717) is 4.82 Å². The fourth-order valence-electron chi connectivity index (χ4n) is 1.01. The van der Waals surface area contributed by atoms with Gasteiger partial charge in [-0.05, 0) is 0 Å². The minimum absolute atomic E-state index is 0.228. The van der Waals surface area contributed by atoms with Gasteiger partial charge in [0.2, 0.25) is 0 Å². The van der Waals surface area contributed by atoms with Crippen LogP contribution in [0.25, 0.3) is 0 Å². The van der Waals surface area contributed by atoms with Gasteiger partial charge in [-0.2, -0.15) is 0 Å². The summed E-state index contributed by atoms with van der Waals surface area (Å²) in [4.78, 5) is 2.94. The topological polar surface area (TPSA) is 23.8 Å². The van der Waals surface area contributed by atoms with E-state index in [4.69, 9.17) is 5.26 Å². The maximum absolute atomic E-state index is 8.42. The quantitative estimate of drug-likeness (QED) is 0.496. The van der Waals surface area contributed by atoms with E-state index in [0.717, 1.165) is 0 Å². The molecule has 0 N–H and O–H groups in total. The van der Waals surface area contributed by atoms with Gasteiger partial charge in [-0.1, -0.05) is 0 Å². The van der Waals surface area contributed by atoms with Gasteiger partial charge in [0.15, 0.2) is 0 Å².